The predicted octanol–water partition coefficient (Wildman–Crippen LogP) is 4.91. The quantitative estimate of drug-likeness (QED) is 0.547. The Labute approximate surface area is 194 Å². The van der Waals surface area contributed by atoms with Crippen LogP contribution in [0.3, 0.4) is 0 Å². The zero-order valence-electron chi connectivity index (χ0n) is 18.1. The Balaban J connectivity index is 1.45. The first kappa shape index (κ1) is 21.9. The summed E-state index contributed by atoms with van der Waals surface area (Å²) in [6.07, 6.45) is 3.80. The Morgan fingerprint density at radius 1 is 1.12 bits per heavy atom. The van der Waals surface area contributed by atoms with Crippen LogP contribution < -0.4 is 4.90 Å². The summed E-state index contributed by atoms with van der Waals surface area (Å²) in [5.74, 6) is 0.649. The van der Waals surface area contributed by atoms with Gasteiger partial charge in [0.05, 0.1) is 29.3 Å². The molecule has 34 heavy (non-hydrogen) atoms. The summed E-state index contributed by atoms with van der Waals surface area (Å²) >= 11 is 0. The third kappa shape index (κ3) is 3.87. The average Bonchev–Trinajstić information content (AvgIpc) is 3.46. The smallest absolute Gasteiger partial charge is 0.315 e. The Morgan fingerprint density at radius 2 is 1.91 bits per heavy atom. The summed E-state index contributed by atoms with van der Waals surface area (Å²) in [4.78, 5) is 21.2. The molecule has 7 nitrogen and oxygen atoms in total. The van der Waals surface area contributed by atoms with Gasteiger partial charge in [0.2, 0.25) is 0 Å². The number of urea groups is 1. The van der Waals surface area contributed by atoms with Crippen molar-refractivity contribution < 1.29 is 18.0 Å². The van der Waals surface area contributed by atoms with Crippen molar-refractivity contribution in [2.75, 3.05) is 4.90 Å². The lowest BCUT2D eigenvalue weighted by molar-refractivity contribution is -0.137. The van der Waals surface area contributed by atoms with Gasteiger partial charge in [0.15, 0.2) is 5.82 Å². The molecule has 0 N–H and O–H groups in total. The SMILES string of the molecule is N#Cc1ccc(N2C(=O)N(Cc3ccc(-n4cccn4)nc3)C3CCCCC32)cc1C(F)(F)F. The van der Waals surface area contributed by atoms with E-state index in [4.69, 9.17) is 5.26 Å². The highest BCUT2D eigenvalue weighted by Crippen LogP contribution is 2.40. The van der Waals surface area contributed by atoms with Gasteiger partial charge in [-0.05, 0) is 48.7 Å². The highest BCUT2D eigenvalue weighted by Gasteiger charge is 2.47. The first-order valence-corrected chi connectivity index (χ1v) is 11.0. The van der Waals surface area contributed by atoms with Crippen LogP contribution in [0.2, 0.25) is 0 Å². The summed E-state index contributed by atoms with van der Waals surface area (Å²) in [6, 6.07) is 9.94. The van der Waals surface area contributed by atoms with Crippen LogP contribution in [0.5, 0.6) is 0 Å². The molecule has 0 bridgehead atoms. The summed E-state index contributed by atoms with van der Waals surface area (Å²) in [7, 11) is 0. The van der Waals surface area contributed by atoms with Gasteiger partial charge in [0.1, 0.15) is 0 Å². The van der Waals surface area contributed by atoms with E-state index in [0.29, 0.717) is 18.8 Å². The Hall–Kier alpha value is -3.87. The molecule has 2 aromatic heterocycles. The number of carbonyl (C=O) groups excluding carboxylic acids is 1. The summed E-state index contributed by atoms with van der Waals surface area (Å²) < 4.78 is 42.3. The molecule has 174 valence electrons. The van der Waals surface area contributed by atoms with Gasteiger partial charge >= 0.3 is 12.2 Å². The number of nitrogens with zero attached hydrogens (tertiary/aromatic N) is 6. The molecule has 1 aliphatic carbocycles. The van der Waals surface area contributed by atoms with Gasteiger partial charge in [-0.25, -0.2) is 14.5 Å². The van der Waals surface area contributed by atoms with E-state index in [0.717, 1.165) is 37.0 Å². The minimum atomic E-state index is -4.68. The molecular weight excluding hydrogens is 445 g/mol. The van der Waals surface area contributed by atoms with Crippen molar-refractivity contribution in [1.29, 1.82) is 5.26 Å². The van der Waals surface area contributed by atoms with Crippen LogP contribution in [0.15, 0.2) is 55.0 Å². The van der Waals surface area contributed by atoms with Gasteiger partial charge in [-0.3, -0.25) is 4.90 Å². The molecule has 0 radical (unpaired) electrons. The lowest BCUT2D eigenvalue weighted by Gasteiger charge is -2.32. The van der Waals surface area contributed by atoms with Gasteiger partial charge in [-0.2, -0.15) is 23.5 Å². The second-order valence-electron chi connectivity index (χ2n) is 8.51. The number of rotatable bonds is 4. The molecule has 2 atom stereocenters. The maximum Gasteiger partial charge on any atom is 0.417 e. The van der Waals surface area contributed by atoms with Crippen LogP contribution in [-0.2, 0) is 12.7 Å². The minimum Gasteiger partial charge on any atom is -0.315 e. The zero-order chi connectivity index (χ0) is 23.9. The fourth-order valence-corrected chi connectivity index (χ4v) is 4.93. The fourth-order valence-electron chi connectivity index (χ4n) is 4.93. The molecule has 2 aliphatic rings. The van der Waals surface area contributed by atoms with Gasteiger partial charge in [0.25, 0.3) is 0 Å². The molecule has 1 aliphatic heterocycles. The third-order valence-corrected chi connectivity index (χ3v) is 6.49. The number of aromatic nitrogens is 3. The molecule has 2 fully saturated rings. The number of hydrogen-bond donors (Lipinski definition) is 0. The Morgan fingerprint density at radius 3 is 2.56 bits per heavy atom. The number of hydrogen-bond acceptors (Lipinski definition) is 4. The second kappa shape index (κ2) is 8.48. The summed E-state index contributed by atoms with van der Waals surface area (Å²) in [5.41, 5.74) is -0.484. The van der Waals surface area contributed by atoms with Gasteiger partial charge in [-0.15, -0.1) is 0 Å². The standard InChI is InChI=1S/C24H21F3N6O/c25-24(26,27)19-12-18(8-7-17(19)13-28)33-21-5-2-1-4-20(21)31(23(33)34)15-16-6-9-22(29-14-16)32-11-3-10-30-32/h3,6-12,14,20-21H,1-2,4-5,15H2. The average molecular weight is 466 g/mol. The van der Waals surface area contributed by atoms with E-state index < -0.39 is 17.3 Å². The Kier molecular flexibility index (Phi) is 5.48. The van der Waals surface area contributed by atoms with Crippen molar-refractivity contribution in [3.63, 3.8) is 0 Å². The first-order valence-electron chi connectivity index (χ1n) is 11.0. The number of amides is 2. The molecule has 3 heterocycles. The van der Waals surface area contributed by atoms with E-state index >= 15 is 0 Å². The van der Waals surface area contributed by atoms with Crippen LogP contribution in [0.1, 0.15) is 42.4 Å². The highest BCUT2D eigenvalue weighted by molar-refractivity contribution is 5.96. The zero-order valence-corrected chi connectivity index (χ0v) is 18.1. The maximum absolute atomic E-state index is 13.6. The first-order chi connectivity index (χ1) is 16.4. The molecule has 3 aromatic rings. The molecule has 1 saturated heterocycles. The van der Waals surface area contributed by atoms with E-state index in [1.54, 1.807) is 40.3 Å². The molecule has 2 unspecified atom stereocenters. The minimum absolute atomic E-state index is 0.1000. The number of alkyl halides is 3. The monoisotopic (exact) mass is 466 g/mol. The topological polar surface area (TPSA) is 78.0 Å². The second-order valence-corrected chi connectivity index (χ2v) is 8.51. The van der Waals surface area contributed by atoms with Crippen LogP contribution in [0, 0.1) is 11.3 Å². The number of pyridine rings is 1. The van der Waals surface area contributed by atoms with Crippen LogP contribution >= 0.6 is 0 Å². The molecule has 1 aromatic carbocycles. The highest BCUT2D eigenvalue weighted by atomic mass is 19.4. The lowest BCUT2D eigenvalue weighted by Crippen LogP contribution is -2.39. The largest absolute Gasteiger partial charge is 0.417 e. The number of anilines is 1. The summed E-state index contributed by atoms with van der Waals surface area (Å²) in [5, 5.41) is 13.3. The molecule has 2 amide bonds. The third-order valence-electron chi connectivity index (χ3n) is 6.49. The molecule has 0 spiro atoms. The van der Waals surface area contributed by atoms with Crippen molar-refractivity contribution in [1.82, 2.24) is 19.7 Å². The number of carbonyl (C=O) groups is 1. The molecule has 1 saturated carbocycles. The molecule has 10 heteroatoms. The maximum atomic E-state index is 13.6. The molecule has 5 rings (SSSR count). The van der Waals surface area contributed by atoms with Crippen molar-refractivity contribution in [3.8, 4) is 11.9 Å². The van der Waals surface area contributed by atoms with Crippen molar-refractivity contribution in [3.05, 3.63) is 71.7 Å². The van der Waals surface area contributed by atoms with E-state index in [1.807, 2.05) is 12.1 Å². The van der Waals surface area contributed by atoms with Gasteiger partial charge < -0.3 is 4.90 Å². The van der Waals surface area contributed by atoms with Crippen molar-refractivity contribution in [2.24, 2.45) is 0 Å². The fraction of sp³-hybridized carbons (Fsp3) is 0.333. The Bertz CT molecular complexity index is 1230. The van der Waals surface area contributed by atoms with Crippen molar-refractivity contribution in [2.45, 2.75) is 50.5 Å². The van der Waals surface area contributed by atoms with E-state index in [9.17, 15) is 18.0 Å². The summed E-state index contributed by atoms with van der Waals surface area (Å²) in [6.45, 7) is 0.311. The number of fused-ring (bicyclic) bond motifs is 1. The normalized spacial score (nSPS) is 20.4. The molecular formula is C24H21F3N6O. The van der Waals surface area contributed by atoms with Crippen LogP contribution in [-0.4, -0.2) is 37.8 Å². The van der Waals surface area contributed by atoms with E-state index in [-0.39, 0.29) is 23.8 Å². The van der Waals surface area contributed by atoms with E-state index in [2.05, 4.69) is 10.1 Å². The van der Waals surface area contributed by atoms with Crippen molar-refractivity contribution >= 4 is 11.7 Å². The predicted molar refractivity (Wildman–Crippen MR) is 117 cm³/mol. The number of nitriles is 1. The lowest BCUT2D eigenvalue weighted by atomic mass is 9.89. The van der Waals surface area contributed by atoms with Crippen LogP contribution in [0.4, 0.5) is 23.7 Å². The van der Waals surface area contributed by atoms with E-state index in [1.165, 1.54) is 11.0 Å². The van der Waals surface area contributed by atoms with Gasteiger partial charge in [0, 0.05) is 30.8 Å². The van der Waals surface area contributed by atoms with Crippen LogP contribution in [0.25, 0.3) is 5.82 Å². The number of halogens is 3. The van der Waals surface area contributed by atoms with Gasteiger partial charge in [-0.1, -0.05) is 18.9 Å². The number of benzene rings is 1.